The van der Waals surface area contributed by atoms with Crippen molar-refractivity contribution in [2.75, 3.05) is 32.0 Å². The summed E-state index contributed by atoms with van der Waals surface area (Å²) >= 11 is 5.54. The first-order valence-electron chi connectivity index (χ1n) is 8.11. The summed E-state index contributed by atoms with van der Waals surface area (Å²) in [7, 11) is 1.50. The first kappa shape index (κ1) is 19.2. The number of hydrogen-bond donors (Lipinski definition) is 3. The predicted molar refractivity (Wildman–Crippen MR) is 99.4 cm³/mol. The number of rotatable bonds is 8. The van der Waals surface area contributed by atoms with Gasteiger partial charge in [0, 0.05) is 19.7 Å². The van der Waals surface area contributed by atoms with E-state index in [-0.39, 0.29) is 22.4 Å². The Morgan fingerprint density at radius 2 is 2.20 bits per heavy atom. The number of pyridine rings is 1. The molecule has 0 aliphatic carbocycles. The van der Waals surface area contributed by atoms with Gasteiger partial charge in [0.05, 0.1) is 6.20 Å². The van der Waals surface area contributed by atoms with Gasteiger partial charge in [0.1, 0.15) is 28.0 Å². The summed E-state index contributed by atoms with van der Waals surface area (Å²) in [6, 6.07) is 3.50. The molecule has 0 spiro atoms. The largest absolute Gasteiger partial charge is 0.485 e. The molecule has 1 aromatic rings. The molecule has 7 nitrogen and oxygen atoms in total. The summed E-state index contributed by atoms with van der Waals surface area (Å²) in [4.78, 5) is 18.4. The highest BCUT2D eigenvalue weighted by atomic mass is 35.5. The van der Waals surface area contributed by atoms with Crippen molar-refractivity contribution < 1.29 is 9.53 Å². The van der Waals surface area contributed by atoms with Gasteiger partial charge < -0.3 is 15.4 Å². The van der Waals surface area contributed by atoms with Gasteiger partial charge in [-0.15, -0.1) is 0 Å². The molecule has 1 aromatic heterocycles. The van der Waals surface area contributed by atoms with Crippen molar-refractivity contribution in [2.45, 2.75) is 25.9 Å². The second-order valence-corrected chi connectivity index (χ2v) is 6.89. The molecule has 1 aliphatic rings. The zero-order chi connectivity index (χ0) is 18.4. The fraction of sp³-hybridized carbons (Fsp3) is 0.471. The highest BCUT2D eigenvalue weighted by Gasteiger charge is 2.26. The Hall–Kier alpha value is -2.12. The number of amides is 1. The first-order valence-corrected chi connectivity index (χ1v) is 8.49. The van der Waals surface area contributed by atoms with Crippen molar-refractivity contribution >= 4 is 28.5 Å². The third kappa shape index (κ3) is 6.03. The Morgan fingerprint density at radius 1 is 1.48 bits per heavy atom. The van der Waals surface area contributed by atoms with E-state index in [9.17, 15) is 4.79 Å². The van der Waals surface area contributed by atoms with E-state index >= 15 is 0 Å². The van der Waals surface area contributed by atoms with Gasteiger partial charge in [-0.25, -0.2) is 4.98 Å². The lowest BCUT2D eigenvalue weighted by Crippen LogP contribution is -2.48. The van der Waals surface area contributed by atoms with Gasteiger partial charge in [0.15, 0.2) is 0 Å². The lowest BCUT2D eigenvalue weighted by molar-refractivity contribution is -0.116. The van der Waals surface area contributed by atoms with Crippen LogP contribution in [0.1, 0.15) is 20.3 Å². The van der Waals surface area contributed by atoms with Crippen molar-refractivity contribution in [2.24, 2.45) is 0 Å². The van der Waals surface area contributed by atoms with Crippen molar-refractivity contribution in [3.05, 3.63) is 30.1 Å². The quantitative estimate of drug-likeness (QED) is 0.485. The fourth-order valence-electron chi connectivity index (χ4n) is 2.50. The van der Waals surface area contributed by atoms with E-state index in [4.69, 9.17) is 21.7 Å². The van der Waals surface area contributed by atoms with Crippen LogP contribution in [0.4, 0.5) is 5.82 Å². The number of hydrogen-bond acceptors (Lipinski definition) is 6. The Labute approximate surface area is 152 Å². The standard InChI is InChI=1S/C17H24ClN5O2/c1-17(2,11-23-7-4-8-23)25-12-5-6-15(21-10-12)22-13(9-14(18)19)16(24)20-3/h5-6,9-10,19H,4,7-8,11H2,1-3H3,(H,20,24)(H,21,22)/b13-9+,19-14?. The summed E-state index contributed by atoms with van der Waals surface area (Å²) < 4.78 is 6.02. The maximum Gasteiger partial charge on any atom is 0.267 e. The van der Waals surface area contributed by atoms with E-state index in [0.717, 1.165) is 19.6 Å². The number of nitrogens with one attached hydrogen (secondary N) is 3. The molecular weight excluding hydrogens is 342 g/mol. The molecule has 2 heterocycles. The second kappa shape index (κ2) is 8.31. The Morgan fingerprint density at radius 3 is 2.68 bits per heavy atom. The number of carbonyl (C=O) groups excluding carboxylic acids is 1. The number of anilines is 1. The van der Waals surface area contributed by atoms with Crippen LogP contribution < -0.4 is 15.4 Å². The molecule has 136 valence electrons. The second-order valence-electron chi connectivity index (χ2n) is 6.48. The molecule has 1 aliphatic heterocycles. The molecule has 1 fully saturated rings. The number of aromatic nitrogens is 1. The Kier molecular flexibility index (Phi) is 6.39. The lowest BCUT2D eigenvalue weighted by atomic mass is 10.1. The van der Waals surface area contributed by atoms with Gasteiger partial charge in [-0.1, -0.05) is 11.6 Å². The molecule has 0 unspecified atom stereocenters. The van der Waals surface area contributed by atoms with E-state index in [0.29, 0.717) is 11.6 Å². The minimum Gasteiger partial charge on any atom is -0.485 e. The van der Waals surface area contributed by atoms with Gasteiger partial charge >= 0.3 is 0 Å². The van der Waals surface area contributed by atoms with Crippen LogP contribution >= 0.6 is 11.6 Å². The number of likely N-dealkylation sites (N-methyl/N-ethyl adjacent to an activating group) is 1. The molecule has 1 amide bonds. The normalized spacial score (nSPS) is 15.3. The van der Waals surface area contributed by atoms with Gasteiger partial charge in [-0.3, -0.25) is 15.1 Å². The van der Waals surface area contributed by atoms with E-state index in [1.807, 2.05) is 0 Å². The summed E-state index contributed by atoms with van der Waals surface area (Å²) in [5.41, 5.74) is -0.167. The molecule has 0 saturated carbocycles. The van der Waals surface area contributed by atoms with Gasteiger partial charge in [-0.2, -0.15) is 0 Å². The molecular formula is C17H24ClN5O2. The molecule has 3 N–H and O–H groups in total. The maximum atomic E-state index is 11.8. The summed E-state index contributed by atoms with van der Waals surface area (Å²) in [6.45, 7) is 7.22. The Bertz CT molecular complexity index is 654. The lowest BCUT2D eigenvalue weighted by Gasteiger charge is -2.38. The molecule has 1 saturated heterocycles. The zero-order valence-corrected chi connectivity index (χ0v) is 15.5. The highest BCUT2D eigenvalue weighted by Crippen LogP contribution is 2.22. The van der Waals surface area contributed by atoms with Gasteiger partial charge in [0.2, 0.25) is 0 Å². The number of allylic oxidation sites excluding steroid dienone is 1. The summed E-state index contributed by atoms with van der Waals surface area (Å²) in [6.07, 6.45) is 4.08. The molecule has 0 bridgehead atoms. The average Bonchev–Trinajstić information content (AvgIpc) is 2.51. The molecule has 0 atom stereocenters. The van der Waals surface area contributed by atoms with Crippen LogP contribution in [0.5, 0.6) is 5.75 Å². The Balaban J connectivity index is 2.00. The van der Waals surface area contributed by atoms with Crippen LogP contribution in [0, 0.1) is 5.41 Å². The van der Waals surface area contributed by atoms with E-state index < -0.39 is 0 Å². The molecule has 25 heavy (non-hydrogen) atoms. The van der Waals surface area contributed by atoms with Crippen LogP contribution in [0.3, 0.4) is 0 Å². The summed E-state index contributed by atoms with van der Waals surface area (Å²) in [5.74, 6) is 0.732. The number of ether oxygens (including phenoxy) is 1. The number of halogens is 1. The highest BCUT2D eigenvalue weighted by molar-refractivity contribution is 6.67. The average molecular weight is 366 g/mol. The van der Waals surface area contributed by atoms with Crippen LogP contribution in [0.2, 0.25) is 0 Å². The number of nitrogens with zero attached hydrogens (tertiary/aromatic N) is 2. The molecule has 0 radical (unpaired) electrons. The third-order valence-corrected chi connectivity index (χ3v) is 3.80. The maximum absolute atomic E-state index is 11.8. The monoisotopic (exact) mass is 365 g/mol. The zero-order valence-electron chi connectivity index (χ0n) is 14.7. The SMILES string of the molecule is CNC(=O)/C(=C\C(=N)Cl)Nc1ccc(OC(C)(C)CN2CCC2)cn1. The number of carbonyl (C=O) groups is 1. The van der Waals surface area contributed by atoms with Crippen LogP contribution in [0.25, 0.3) is 0 Å². The molecule has 8 heteroatoms. The van der Waals surface area contributed by atoms with E-state index in [1.54, 1.807) is 18.3 Å². The minimum atomic E-state index is -0.386. The molecule has 2 rings (SSSR count). The fourth-order valence-corrected chi connectivity index (χ4v) is 2.61. The third-order valence-electron chi connectivity index (χ3n) is 3.69. The van der Waals surface area contributed by atoms with E-state index in [1.165, 1.54) is 19.5 Å². The van der Waals surface area contributed by atoms with Crippen LogP contribution in [-0.2, 0) is 4.79 Å². The molecule has 0 aromatic carbocycles. The topological polar surface area (TPSA) is 90.3 Å². The minimum absolute atomic E-state index is 0.141. The predicted octanol–water partition coefficient (Wildman–Crippen LogP) is 2.20. The van der Waals surface area contributed by atoms with Gasteiger partial charge in [-0.05, 0) is 45.5 Å². The van der Waals surface area contributed by atoms with Crippen molar-refractivity contribution in [3.63, 3.8) is 0 Å². The van der Waals surface area contributed by atoms with Crippen molar-refractivity contribution in [1.82, 2.24) is 15.2 Å². The smallest absolute Gasteiger partial charge is 0.267 e. The van der Waals surface area contributed by atoms with Crippen LogP contribution in [0.15, 0.2) is 30.1 Å². The van der Waals surface area contributed by atoms with Crippen LogP contribution in [-0.4, -0.2) is 53.2 Å². The summed E-state index contributed by atoms with van der Waals surface area (Å²) in [5, 5.41) is 12.4. The van der Waals surface area contributed by atoms with E-state index in [2.05, 4.69) is 34.4 Å². The van der Waals surface area contributed by atoms with Gasteiger partial charge in [0.25, 0.3) is 5.91 Å². The van der Waals surface area contributed by atoms with Crippen molar-refractivity contribution in [3.8, 4) is 5.75 Å². The first-order chi connectivity index (χ1) is 11.8. The van der Waals surface area contributed by atoms with Crippen molar-refractivity contribution in [1.29, 1.82) is 5.41 Å². The number of likely N-dealkylation sites (tertiary alicyclic amines) is 1.